The Kier molecular flexibility index (Phi) is 7.43. The van der Waals surface area contributed by atoms with E-state index in [0.29, 0.717) is 12.3 Å². The van der Waals surface area contributed by atoms with Gasteiger partial charge < -0.3 is 24.6 Å². The number of benzene rings is 2. The van der Waals surface area contributed by atoms with Crippen LogP contribution in [0.2, 0.25) is 0 Å². The highest BCUT2D eigenvalue weighted by molar-refractivity contribution is 5.77. The number of ether oxygens (including phenoxy) is 2. The second kappa shape index (κ2) is 10.2. The maximum atomic E-state index is 13.0. The predicted molar refractivity (Wildman–Crippen MR) is 110 cm³/mol. The molecule has 156 valence electrons. The number of carbonyl (C=O) groups excluding carboxylic acids is 1. The summed E-state index contributed by atoms with van der Waals surface area (Å²) in [5.41, 5.74) is 2.33. The van der Waals surface area contributed by atoms with E-state index in [4.69, 9.17) is 9.47 Å². The summed E-state index contributed by atoms with van der Waals surface area (Å²) in [6.45, 7) is 3.68. The van der Waals surface area contributed by atoms with Crippen molar-refractivity contribution in [3.8, 4) is 5.75 Å². The van der Waals surface area contributed by atoms with Crippen molar-refractivity contribution in [2.24, 2.45) is 0 Å². The SMILES string of the molecule is CN(C)c1ccc([C@@H](CNC(=O)COc2ccc(F)cc2)[NH+]2CCOCC2)cc1. The van der Waals surface area contributed by atoms with Crippen LogP contribution in [0, 0.1) is 5.82 Å². The Balaban J connectivity index is 1.60. The van der Waals surface area contributed by atoms with Crippen molar-refractivity contribution in [2.75, 3.05) is 58.5 Å². The average Bonchev–Trinajstić information content (AvgIpc) is 2.74. The normalized spacial score (nSPS) is 15.6. The second-order valence-corrected chi connectivity index (χ2v) is 7.36. The van der Waals surface area contributed by atoms with E-state index in [9.17, 15) is 9.18 Å². The highest BCUT2D eigenvalue weighted by atomic mass is 19.1. The highest BCUT2D eigenvalue weighted by Crippen LogP contribution is 2.16. The molecule has 2 aromatic rings. The van der Waals surface area contributed by atoms with Gasteiger partial charge in [0.1, 0.15) is 30.7 Å². The van der Waals surface area contributed by atoms with Crippen LogP contribution >= 0.6 is 0 Å². The van der Waals surface area contributed by atoms with Crippen LogP contribution in [0.1, 0.15) is 11.6 Å². The fourth-order valence-corrected chi connectivity index (χ4v) is 3.43. The number of hydrogen-bond donors (Lipinski definition) is 2. The quantitative estimate of drug-likeness (QED) is 0.693. The third-order valence-electron chi connectivity index (χ3n) is 5.13. The summed E-state index contributed by atoms with van der Waals surface area (Å²) in [5.74, 6) is -0.0634. The molecule has 2 aromatic carbocycles. The van der Waals surface area contributed by atoms with Gasteiger partial charge in [-0.05, 0) is 36.4 Å². The first kappa shape index (κ1) is 21.1. The number of nitrogens with zero attached hydrogens (tertiary/aromatic N) is 1. The molecule has 0 bridgehead atoms. The summed E-state index contributed by atoms with van der Waals surface area (Å²) in [6, 6.07) is 14.2. The first-order valence-corrected chi connectivity index (χ1v) is 9.87. The summed E-state index contributed by atoms with van der Waals surface area (Å²) in [5, 5.41) is 2.99. The number of anilines is 1. The van der Waals surface area contributed by atoms with Gasteiger partial charge in [-0.3, -0.25) is 4.79 Å². The fourth-order valence-electron chi connectivity index (χ4n) is 3.43. The molecule has 0 aromatic heterocycles. The van der Waals surface area contributed by atoms with E-state index in [0.717, 1.165) is 32.0 Å². The topological polar surface area (TPSA) is 55.2 Å². The molecule has 0 saturated carbocycles. The molecule has 6 nitrogen and oxygen atoms in total. The largest absolute Gasteiger partial charge is 0.484 e. The van der Waals surface area contributed by atoms with Gasteiger partial charge in [0.2, 0.25) is 0 Å². The molecule has 1 atom stereocenters. The number of amides is 1. The van der Waals surface area contributed by atoms with Crippen LogP contribution in [0.4, 0.5) is 10.1 Å². The molecule has 1 aliphatic heterocycles. The van der Waals surface area contributed by atoms with E-state index in [1.54, 1.807) is 0 Å². The molecule has 0 spiro atoms. The number of rotatable bonds is 8. The molecule has 1 heterocycles. The van der Waals surface area contributed by atoms with Crippen LogP contribution in [0.15, 0.2) is 48.5 Å². The third-order valence-corrected chi connectivity index (χ3v) is 5.13. The van der Waals surface area contributed by atoms with Gasteiger partial charge in [-0.2, -0.15) is 0 Å². The van der Waals surface area contributed by atoms with Gasteiger partial charge in [0.15, 0.2) is 6.61 Å². The van der Waals surface area contributed by atoms with E-state index in [-0.39, 0.29) is 24.4 Å². The number of morpholine rings is 1. The van der Waals surface area contributed by atoms with Crippen LogP contribution < -0.4 is 19.9 Å². The average molecular weight is 402 g/mol. The number of halogens is 1. The predicted octanol–water partition coefficient (Wildman–Crippen LogP) is 1.04. The van der Waals surface area contributed by atoms with Crippen molar-refractivity contribution >= 4 is 11.6 Å². The zero-order valence-corrected chi connectivity index (χ0v) is 17.0. The summed E-state index contributed by atoms with van der Waals surface area (Å²) in [6.07, 6.45) is 0. The maximum Gasteiger partial charge on any atom is 0.258 e. The van der Waals surface area contributed by atoms with Crippen LogP contribution in [0.3, 0.4) is 0 Å². The lowest BCUT2D eigenvalue weighted by Crippen LogP contribution is -3.15. The van der Waals surface area contributed by atoms with E-state index < -0.39 is 0 Å². The molecule has 29 heavy (non-hydrogen) atoms. The van der Waals surface area contributed by atoms with Crippen LogP contribution in [-0.4, -0.2) is 59.5 Å². The monoisotopic (exact) mass is 402 g/mol. The minimum Gasteiger partial charge on any atom is -0.484 e. The summed E-state index contributed by atoms with van der Waals surface area (Å²) in [4.78, 5) is 15.8. The van der Waals surface area contributed by atoms with Gasteiger partial charge in [-0.25, -0.2) is 4.39 Å². The molecule has 7 heteroatoms. The van der Waals surface area contributed by atoms with Gasteiger partial charge in [-0.15, -0.1) is 0 Å². The second-order valence-electron chi connectivity index (χ2n) is 7.36. The lowest BCUT2D eigenvalue weighted by Gasteiger charge is -2.32. The Hall–Kier alpha value is -2.64. The zero-order chi connectivity index (χ0) is 20.6. The molecule has 1 aliphatic rings. The lowest BCUT2D eigenvalue weighted by atomic mass is 10.0. The Bertz CT molecular complexity index is 775. The Labute approximate surface area is 171 Å². The first-order chi connectivity index (χ1) is 14.0. The van der Waals surface area contributed by atoms with Gasteiger partial charge >= 0.3 is 0 Å². The maximum absolute atomic E-state index is 13.0. The summed E-state index contributed by atoms with van der Waals surface area (Å²) >= 11 is 0. The van der Waals surface area contributed by atoms with E-state index in [1.807, 2.05) is 14.1 Å². The standard InChI is InChI=1S/C22H28FN3O3/c1-25(2)19-7-3-17(4-8-19)21(26-11-13-28-14-12-26)15-24-22(27)16-29-20-9-5-18(23)6-10-20/h3-10,21H,11-16H2,1-2H3,(H,24,27)/p+1/t21-/m1/s1. The molecule has 0 aliphatic carbocycles. The van der Waals surface area contributed by atoms with E-state index in [1.165, 1.54) is 34.7 Å². The van der Waals surface area contributed by atoms with Gasteiger partial charge in [0.25, 0.3) is 5.91 Å². The zero-order valence-electron chi connectivity index (χ0n) is 17.0. The van der Waals surface area contributed by atoms with Crippen molar-refractivity contribution in [3.63, 3.8) is 0 Å². The molecule has 1 saturated heterocycles. The fraction of sp³-hybridized carbons (Fsp3) is 0.409. The molecular weight excluding hydrogens is 373 g/mol. The van der Waals surface area contributed by atoms with Crippen LogP contribution in [-0.2, 0) is 9.53 Å². The first-order valence-electron chi connectivity index (χ1n) is 9.87. The molecule has 0 unspecified atom stereocenters. The Morgan fingerprint density at radius 3 is 2.41 bits per heavy atom. The third kappa shape index (κ3) is 6.17. The van der Waals surface area contributed by atoms with E-state index >= 15 is 0 Å². The number of hydrogen-bond acceptors (Lipinski definition) is 4. The van der Waals surface area contributed by atoms with Crippen molar-refractivity contribution in [1.82, 2.24) is 5.32 Å². The minimum atomic E-state index is -0.335. The van der Waals surface area contributed by atoms with E-state index in [2.05, 4.69) is 34.5 Å². The van der Waals surface area contributed by atoms with Crippen LogP contribution in [0.25, 0.3) is 0 Å². The van der Waals surface area contributed by atoms with Crippen molar-refractivity contribution in [3.05, 3.63) is 59.9 Å². The van der Waals surface area contributed by atoms with Crippen molar-refractivity contribution in [2.45, 2.75) is 6.04 Å². The van der Waals surface area contributed by atoms with Gasteiger partial charge in [-0.1, -0.05) is 12.1 Å². The van der Waals surface area contributed by atoms with Crippen molar-refractivity contribution < 1.29 is 23.6 Å². The summed E-state index contributed by atoms with van der Waals surface area (Å²) < 4.78 is 23.9. The number of nitrogens with one attached hydrogen (secondary N) is 2. The van der Waals surface area contributed by atoms with Gasteiger partial charge in [0, 0.05) is 25.3 Å². The lowest BCUT2D eigenvalue weighted by molar-refractivity contribution is -0.937. The summed E-state index contributed by atoms with van der Waals surface area (Å²) in [7, 11) is 4.03. The van der Waals surface area contributed by atoms with Gasteiger partial charge in [0.05, 0.1) is 19.8 Å². The Morgan fingerprint density at radius 2 is 1.79 bits per heavy atom. The van der Waals surface area contributed by atoms with Crippen LogP contribution in [0.5, 0.6) is 5.75 Å². The molecule has 1 amide bonds. The Morgan fingerprint density at radius 1 is 1.14 bits per heavy atom. The molecule has 3 rings (SSSR count). The highest BCUT2D eigenvalue weighted by Gasteiger charge is 2.27. The number of quaternary nitrogens is 1. The van der Waals surface area contributed by atoms with Crippen molar-refractivity contribution in [1.29, 1.82) is 0 Å². The molecular formula is C22H29FN3O3+. The number of carbonyl (C=O) groups is 1. The molecule has 2 N–H and O–H groups in total. The molecule has 0 radical (unpaired) electrons. The molecule has 1 fully saturated rings. The smallest absolute Gasteiger partial charge is 0.258 e. The minimum absolute atomic E-state index is 0.101.